The van der Waals surface area contributed by atoms with Gasteiger partial charge in [-0.15, -0.1) is 7.77 Å². The lowest BCUT2D eigenvalue weighted by atomic mass is 9.77. The molecule has 1 aliphatic carbocycles. The van der Waals surface area contributed by atoms with Crippen molar-refractivity contribution in [2.24, 2.45) is 0 Å². The van der Waals surface area contributed by atoms with Gasteiger partial charge in [-0.1, -0.05) is 12.6 Å². The third-order valence-electron chi connectivity index (χ3n) is 6.86. The van der Waals surface area contributed by atoms with Gasteiger partial charge in [-0.2, -0.15) is 13.3 Å². The molecule has 10 nitrogen and oxygen atoms in total. The monoisotopic (exact) mass is 595 g/mol. The van der Waals surface area contributed by atoms with Gasteiger partial charge in [0.1, 0.15) is 6.61 Å². The molecule has 1 aliphatic rings. The van der Waals surface area contributed by atoms with Gasteiger partial charge in [-0.25, -0.2) is 9.78 Å². The molecule has 3 aromatic heterocycles. The number of hydrogen-bond acceptors (Lipinski definition) is 11. The molecule has 3 heterocycles. The third-order valence-corrected chi connectivity index (χ3v) is 7.82. The number of anilines is 1. The molecule has 3 aromatic rings. The molecule has 0 amide bonds. The average Bonchev–Trinajstić information content (AvgIpc) is 3.42. The Labute approximate surface area is 240 Å². The second kappa shape index (κ2) is 14.2. The van der Waals surface area contributed by atoms with E-state index in [1.165, 1.54) is 11.6 Å². The van der Waals surface area contributed by atoms with Gasteiger partial charge in [0, 0.05) is 49.2 Å². The molecule has 0 radical (unpaired) electrons. The molecule has 0 atom stereocenters. The number of ether oxygens (including phenoxy) is 4. The van der Waals surface area contributed by atoms with Crippen LogP contribution in [-0.4, -0.2) is 71.8 Å². The minimum absolute atomic E-state index is 0.102. The number of fused-ring (bicyclic) bond motifs is 1. The van der Waals surface area contributed by atoms with E-state index in [1.807, 2.05) is 12.1 Å². The van der Waals surface area contributed by atoms with Crippen LogP contribution in [-0.2, 0) is 23.7 Å². The van der Waals surface area contributed by atoms with Crippen LogP contribution in [0.25, 0.3) is 22.9 Å². The van der Waals surface area contributed by atoms with Gasteiger partial charge in [0.25, 0.3) is 0 Å². The number of carbonyl (C=O) groups excluding carboxylic acids is 1. The molecule has 14 heteroatoms. The lowest BCUT2D eigenvalue weighted by Gasteiger charge is -2.38. The quantitative estimate of drug-likeness (QED) is 0.133. The molecule has 0 spiro atoms. The molecule has 4 rings (SSSR count). The highest BCUT2D eigenvalue weighted by Gasteiger charge is 2.45. The van der Waals surface area contributed by atoms with E-state index in [1.54, 1.807) is 31.6 Å². The summed E-state index contributed by atoms with van der Waals surface area (Å²) in [6, 6.07) is 5.30. The topological polar surface area (TPSA) is 100 Å². The number of esters is 1. The first-order valence-electron chi connectivity index (χ1n) is 12.6. The van der Waals surface area contributed by atoms with Crippen molar-refractivity contribution in [3.63, 3.8) is 0 Å². The summed E-state index contributed by atoms with van der Waals surface area (Å²) in [5.41, 5.74) is 2.06. The number of rotatable bonds is 14. The maximum Gasteiger partial charge on any atom is 0.338 e. The molecule has 0 N–H and O–H groups in total. The Morgan fingerprint density at radius 1 is 1.15 bits per heavy atom. The molecule has 40 heavy (non-hydrogen) atoms. The number of nitrogens with zero attached hydrogens (tertiary/aromatic N) is 5. The molecule has 0 aliphatic heterocycles. The zero-order valence-electron chi connectivity index (χ0n) is 22.3. The number of pyridine rings is 1. The number of carbonyl (C=O) groups is 1. The van der Waals surface area contributed by atoms with Crippen molar-refractivity contribution in [2.45, 2.75) is 37.2 Å². The molecule has 0 unspecified atom stereocenters. The van der Waals surface area contributed by atoms with Crippen molar-refractivity contribution < 1.29 is 31.5 Å². The molecule has 1 fully saturated rings. The second-order valence-corrected chi connectivity index (χ2v) is 10.4. The van der Waals surface area contributed by atoms with E-state index in [0.29, 0.717) is 54.9 Å². The highest BCUT2D eigenvalue weighted by Crippen LogP contribution is 2.43. The number of aromatic nitrogens is 4. The summed E-state index contributed by atoms with van der Waals surface area (Å²) in [7, 11) is 3.09. The maximum absolute atomic E-state index is 13.7. The third kappa shape index (κ3) is 6.57. The van der Waals surface area contributed by atoms with Crippen LogP contribution in [0.1, 0.15) is 43.0 Å². The summed E-state index contributed by atoms with van der Waals surface area (Å²) < 4.78 is 51.2. The summed E-state index contributed by atoms with van der Waals surface area (Å²) >= 11 is -0.533. The normalized spacial score (nSPS) is 19.1. The van der Waals surface area contributed by atoms with E-state index >= 15 is 0 Å². The van der Waals surface area contributed by atoms with Crippen LogP contribution in [0.5, 0.6) is 0 Å². The summed E-state index contributed by atoms with van der Waals surface area (Å²) in [5.74, 6) is -0.366. The standard InChI is InChI=1S/C26H31F2N5O5S2/c1-4-20-6-5-19(16-29-20)21-17-30-32-23(33(39-27)40-28)15-22(31-24(21)32)18-7-9-26(10-8-18,38-14-12-36-3)25(34)37-13-11-35-2/h4-6,15-18H,1,7-14H2,2-3H3. The predicted molar refractivity (Wildman–Crippen MR) is 151 cm³/mol. The van der Waals surface area contributed by atoms with Crippen LogP contribution in [0, 0.1) is 0 Å². The zero-order valence-corrected chi connectivity index (χ0v) is 23.9. The van der Waals surface area contributed by atoms with Crippen LogP contribution >= 0.6 is 24.7 Å². The fourth-order valence-electron chi connectivity index (χ4n) is 4.73. The van der Waals surface area contributed by atoms with E-state index in [2.05, 4.69) is 16.7 Å². The maximum atomic E-state index is 13.7. The Hall–Kier alpha value is -2.78. The number of halogens is 2. The first-order valence-corrected chi connectivity index (χ1v) is 14.0. The molecule has 0 bridgehead atoms. The van der Waals surface area contributed by atoms with E-state index in [0.717, 1.165) is 9.27 Å². The van der Waals surface area contributed by atoms with Crippen LogP contribution < -0.4 is 3.71 Å². The van der Waals surface area contributed by atoms with Crippen molar-refractivity contribution in [3.05, 3.63) is 48.6 Å². The van der Waals surface area contributed by atoms with Crippen molar-refractivity contribution in [1.82, 2.24) is 19.6 Å². The van der Waals surface area contributed by atoms with Gasteiger partial charge in [-0.3, -0.25) is 4.98 Å². The zero-order chi connectivity index (χ0) is 28.5. The molecule has 0 saturated heterocycles. The Balaban J connectivity index is 1.66. The van der Waals surface area contributed by atoms with Gasteiger partial charge in [0.15, 0.2) is 41.7 Å². The predicted octanol–water partition coefficient (Wildman–Crippen LogP) is 5.56. The molecular weight excluding hydrogens is 564 g/mol. The highest BCUT2D eigenvalue weighted by molar-refractivity contribution is 8.13. The second-order valence-electron chi connectivity index (χ2n) is 9.14. The minimum atomic E-state index is -1.12. The van der Waals surface area contributed by atoms with Gasteiger partial charge in [-0.05, 0) is 37.8 Å². The summed E-state index contributed by atoms with van der Waals surface area (Å²) in [6.45, 7) is 4.71. The Kier molecular flexibility index (Phi) is 10.7. The first-order chi connectivity index (χ1) is 19.5. The van der Waals surface area contributed by atoms with Gasteiger partial charge >= 0.3 is 5.97 Å². The lowest BCUT2D eigenvalue weighted by Crippen LogP contribution is -2.46. The average molecular weight is 596 g/mol. The Bertz CT molecular complexity index is 1280. The van der Waals surface area contributed by atoms with Crippen molar-refractivity contribution >= 4 is 48.2 Å². The van der Waals surface area contributed by atoms with E-state index in [4.69, 9.17) is 23.9 Å². The Morgan fingerprint density at radius 3 is 2.50 bits per heavy atom. The van der Waals surface area contributed by atoms with Gasteiger partial charge < -0.3 is 18.9 Å². The van der Waals surface area contributed by atoms with Crippen molar-refractivity contribution in [3.8, 4) is 11.1 Å². The van der Waals surface area contributed by atoms with E-state index in [-0.39, 0.29) is 56.2 Å². The van der Waals surface area contributed by atoms with E-state index < -0.39 is 11.6 Å². The summed E-state index contributed by atoms with van der Waals surface area (Å²) in [5, 5.41) is 4.37. The number of methoxy groups -OCH3 is 2. The van der Waals surface area contributed by atoms with Gasteiger partial charge in [0.05, 0.1) is 31.7 Å². The van der Waals surface area contributed by atoms with Crippen molar-refractivity contribution in [2.75, 3.05) is 44.4 Å². The van der Waals surface area contributed by atoms with Crippen LogP contribution in [0.3, 0.4) is 0 Å². The van der Waals surface area contributed by atoms with Crippen LogP contribution in [0.4, 0.5) is 13.6 Å². The highest BCUT2D eigenvalue weighted by atomic mass is 32.3. The number of hydrogen-bond donors (Lipinski definition) is 0. The first kappa shape index (κ1) is 30.2. The summed E-state index contributed by atoms with van der Waals surface area (Å²) in [4.78, 5) is 22.3. The molecule has 0 aromatic carbocycles. The van der Waals surface area contributed by atoms with Gasteiger partial charge in [0.2, 0.25) is 0 Å². The van der Waals surface area contributed by atoms with Crippen LogP contribution in [0.2, 0.25) is 0 Å². The molecular formula is C26H31F2N5O5S2. The van der Waals surface area contributed by atoms with Crippen LogP contribution in [0.15, 0.2) is 37.2 Å². The smallest absolute Gasteiger partial charge is 0.338 e. The van der Waals surface area contributed by atoms with E-state index in [9.17, 15) is 12.6 Å². The largest absolute Gasteiger partial charge is 0.461 e. The lowest BCUT2D eigenvalue weighted by molar-refractivity contribution is -0.180. The van der Waals surface area contributed by atoms with Crippen molar-refractivity contribution in [1.29, 1.82) is 0 Å². The fraction of sp³-hybridized carbons (Fsp3) is 0.462. The Morgan fingerprint density at radius 2 is 1.88 bits per heavy atom. The SMILES string of the molecule is C=Cc1ccc(-c2cnn3c(N(SF)SF)cc(C4CCC(OCCOC)(C(=O)OCCOC)CC4)nc23)cn1. The fourth-order valence-corrected chi connectivity index (χ4v) is 5.22. The molecule has 216 valence electrons. The minimum Gasteiger partial charge on any atom is -0.461 e. The molecule has 1 saturated carbocycles. The summed E-state index contributed by atoms with van der Waals surface area (Å²) in [6.07, 6.45) is 6.75.